The van der Waals surface area contributed by atoms with Crippen LogP contribution in [-0.2, 0) is 26.2 Å². The van der Waals surface area contributed by atoms with E-state index in [9.17, 15) is 18.0 Å². The summed E-state index contributed by atoms with van der Waals surface area (Å²) in [5.41, 5.74) is 0.467. The number of nitrogens with one attached hydrogen (secondary N) is 1. The van der Waals surface area contributed by atoms with Crippen molar-refractivity contribution in [1.29, 1.82) is 0 Å². The first kappa shape index (κ1) is 26.4. The Hall–Kier alpha value is -1.84. The third-order valence-electron chi connectivity index (χ3n) is 4.90. The average molecular weight is 521 g/mol. The smallest absolute Gasteiger partial charge is 0.243 e. The van der Waals surface area contributed by atoms with Gasteiger partial charge < -0.3 is 10.2 Å². The van der Waals surface area contributed by atoms with E-state index in [2.05, 4.69) is 5.32 Å². The molecule has 0 heterocycles. The Labute approximate surface area is 203 Å². The zero-order chi connectivity index (χ0) is 24.1. The maximum Gasteiger partial charge on any atom is 0.243 e. The Morgan fingerprint density at radius 1 is 1.03 bits per heavy atom. The highest BCUT2D eigenvalue weighted by molar-refractivity contribution is 7.89. The van der Waals surface area contributed by atoms with E-state index in [0.29, 0.717) is 27.1 Å². The van der Waals surface area contributed by atoms with E-state index in [1.807, 2.05) is 0 Å². The molecule has 2 aromatic carbocycles. The summed E-state index contributed by atoms with van der Waals surface area (Å²) in [6, 6.07) is 9.71. The number of carbonyl (C=O) groups excluding carboxylic acids is 2. The number of halogens is 3. The molecule has 7 nitrogen and oxygen atoms in total. The van der Waals surface area contributed by atoms with Gasteiger partial charge in [-0.3, -0.25) is 9.59 Å². The van der Waals surface area contributed by atoms with Gasteiger partial charge in [0.15, 0.2) is 0 Å². The molecule has 0 saturated heterocycles. The molecule has 0 unspecified atom stereocenters. The normalized spacial score (nSPS) is 12.5. The minimum Gasteiger partial charge on any atom is -0.357 e. The summed E-state index contributed by atoms with van der Waals surface area (Å²) < 4.78 is 26.7. The fourth-order valence-corrected chi connectivity index (χ4v) is 4.86. The van der Waals surface area contributed by atoms with Crippen LogP contribution in [0, 0.1) is 0 Å². The van der Waals surface area contributed by atoms with E-state index >= 15 is 0 Å². The molecule has 32 heavy (non-hydrogen) atoms. The summed E-state index contributed by atoms with van der Waals surface area (Å²) in [4.78, 5) is 27.0. The van der Waals surface area contributed by atoms with Crippen molar-refractivity contribution in [3.63, 3.8) is 0 Å². The Bertz CT molecular complexity index is 1060. The van der Waals surface area contributed by atoms with Crippen molar-refractivity contribution in [3.05, 3.63) is 63.1 Å². The van der Waals surface area contributed by atoms with E-state index in [1.165, 1.54) is 43.3 Å². The van der Waals surface area contributed by atoms with Crippen molar-refractivity contribution < 1.29 is 18.0 Å². The van der Waals surface area contributed by atoms with Crippen molar-refractivity contribution in [3.8, 4) is 0 Å². The number of amides is 2. The van der Waals surface area contributed by atoms with E-state index in [0.717, 1.165) is 4.31 Å². The summed E-state index contributed by atoms with van der Waals surface area (Å²) in [5, 5.41) is 3.60. The first-order chi connectivity index (χ1) is 15.0. The summed E-state index contributed by atoms with van der Waals surface area (Å²) in [6.07, 6.45) is 0.307. The van der Waals surface area contributed by atoms with Crippen LogP contribution in [0.25, 0.3) is 0 Å². The first-order valence-electron chi connectivity index (χ1n) is 9.68. The molecule has 0 bridgehead atoms. The largest absolute Gasteiger partial charge is 0.357 e. The molecule has 2 aromatic rings. The number of carbonyl (C=O) groups is 2. The molecule has 2 rings (SSSR count). The van der Waals surface area contributed by atoms with Gasteiger partial charge in [0, 0.05) is 41.3 Å². The molecular weight excluding hydrogens is 497 g/mol. The van der Waals surface area contributed by atoms with Gasteiger partial charge in [0.05, 0.1) is 11.4 Å². The van der Waals surface area contributed by atoms with Gasteiger partial charge >= 0.3 is 0 Å². The predicted octanol–water partition coefficient (Wildman–Crippen LogP) is 3.82. The standard InChI is InChI=1S/C21H24Cl3N3O4S/c1-4-19(21(29)25-2)27(12-16-17(23)6-5-7-18(16)24)20(28)13-26(3)32(30,31)15-10-8-14(22)9-11-15/h5-11,19H,4,12-13H2,1-3H3,(H,25,29)/t19-/m0/s1. The van der Waals surface area contributed by atoms with Crippen LogP contribution in [-0.4, -0.2) is 56.1 Å². The van der Waals surface area contributed by atoms with Crippen LogP contribution < -0.4 is 5.32 Å². The number of likely N-dealkylation sites (N-methyl/N-ethyl adjacent to an activating group) is 2. The molecule has 0 spiro atoms. The SMILES string of the molecule is CC[C@@H](C(=O)NC)N(Cc1c(Cl)cccc1Cl)C(=O)CN(C)S(=O)(=O)c1ccc(Cl)cc1. The molecule has 0 aliphatic carbocycles. The molecule has 0 radical (unpaired) electrons. The number of sulfonamides is 1. The van der Waals surface area contributed by atoms with Gasteiger partial charge in [-0.1, -0.05) is 47.8 Å². The maximum absolute atomic E-state index is 13.3. The second-order valence-corrected chi connectivity index (χ2v) is 10.3. The zero-order valence-corrected chi connectivity index (χ0v) is 20.9. The van der Waals surface area contributed by atoms with E-state index in [4.69, 9.17) is 34.8 Å². The topological polar surface area (TPSA) is 86.8 Å². The fourth-order valence-electron chi connectivity index (χ4n) is 3.09. The molecule has 0 fully saturated rings. The number of benzene rings is 2. The van der Waals surface area contributed by atoms with Crippen LogP contribution in [0.3, 0.4) is 0 Å². The van der Waals surface area contributed by atoms with Gasteiger partial charge in [0.1, 0.15) is 6.04 Å². The Morgan fingerprint density at radius 2 is 1.59 bits per heavy atom. The molecule has 0 saturated carbocycles. The number of nitrogens with zero attached hydrogens (tertiary/aromatic N) is 2. The van der Waals surface area contributed by atoms with Gasteiger partial charge in [0.25, 0.3) is 0 Å². The first-order valence-corrected chi connectivity index (χ1v) is 12.3. The number of hydrogen-bond acceptors (Lipinski definition) is 4. The van der Waals surface area contributed by atoms with E-state index in [1.54, 1.807) is 25.1 Å². The molecule has 1 atom stereocenters. The van der Waals surface area contributed by atoms with Gasteiger partial charge in [-0.25, -0.2) is 8.42 Å². The summed E-state index contributed by atoms with van der Waals surface area (Å²) >= 11 is 18.4. The van der Waals surface area contributed by atoms with Gasteiger partial charge in [-0.2, -0.15) is 4.31 Å². The minimum atomic E-state index is -3.96. The van der Waals surface area contributed by atoms with Gasteiger partial charge in [-0.05, 0) is 42.8 Å². The molecule has 2 amide bonds. The lowest BCUT2D eigenvalue weighted by molar-refractivity contribution is -0.141. The summed E-state index contributed by atoms with van der Waals surface area (Å²) in [6.45, 7) is 1.21. The molecule has 0 aromatic heterocycles. The third-order valence-corrected chi connectivity index (χ3v) is 7.68. The van der Waals surface area contributed by atoms with Crippen molar-refractivity contribution in [2.24, 2.45) is 0 Å². The second-order valence-electron chi connectivity index (χ2n) is 6.98. The van der Waals surface area contributed by atoms with Crippen molar-refractivity contribution >= 4 is 56.6 Å². The van der Waals surface area contributed by atoms with Crippen molar-refractivity contribution in [2.75, 3.05) is 20.6 Å². The summed E-state index contributed by atoms with van der Waals surface area (Å²) in [5.74, 6) is -0.955. The van der Waals surface area contributed by atoms with Crippen LogP contribution in [0.1, 0.15) is 18.9 Å². The lowest BCUT2D eigenvalue weighted by atomic mass is 10.1. The van der Waals surface area contributed by atoms with Crippen LogP contribution in [0.15, 0.2) is 47.4 Å². The van der Waals surface area contributed by atoms with Crippen LogP contribution >= 0.6 is 34.8 Å². The van der Waals surface area contributed by atoms with Crippen LogP contribution in [0.5, 0.6) is 0 Å². The second kappa shape index (κ2) is 11.3. The molecule has 1 N–H and O–H groups in total. The predicted molar refractivity (Wildman–Crippen MR) is 126 cm³/mol. The third kappa shape index (κ3) is 6.14. The Kier molecular flexibility index (Phi) is 9.36. The van der Waals surface area contributed by atoms with E-state index < -0.39 is 28.5 Å². The highest BCUT2D eigenvalue weighted by Gasteiger charge is 2.32. The zero-order valence-electron chi connectivity index (χ0n) is 17.8. The molecular formula is C21H24Cl3N3O4S. The Morgan fingerprint density at radius 3 is 2.09 bits per heavy atom. The molecule has 0 aliphatic rings. The number of hydrogen-bond donors (Lipinski definition) is 1. The number of rotatable bonds is 9. The van der Waals surface area contributed by atoms with Crippen LogP contribution in [0.4, 0.5) is 0 Å². The lowest BCUT2D eigenvalue weighted by Crippen LogP contribution is -2.51. The highest BCUT2D eigenvalue weighted by Crippen LogP contribution is 2.27. The summed E-state index contributed by atoms with van der Waals surface area (Å²) in [7, 11) is -1.20. The average Bonchev–Trinajstić information content (AvgIpc) is 2.75. The molecule has 11 heteroatoms. The van der Waals surface area contributed by atoms with Crippen molar-refractivity contribution in [2.45, 2.75) is 30.8 Å². The Balaban J connectivity index is 2.36. The molecule has 174 valence electrons. The lowest BCUT2D eigenvalue weighted by Gasteiger charge is -2.32. The quantitative estimate of drug-likeness (QED) is 0.544. The fraction of sp³-hybridized carbons (Fsp3) is 0.333. The van der Waals surface area contributed by atoms with Crippen LogP contribution in [0.2, 0.25) is 15.1 Å². The van der Waals surface area contributed by atoms with Crippen molar-refractivity contribution in [1.82, 2.24) is 14.5 Å². The maximum atomic E-state index is 13.3. The monoisotopic (exact) mass is 519 g/mol. The van der Waals surface area contributed by atoms with Gasteiger partial charge in [-0.15, -0.1) is 0 Å². The highest BCUT2D eigenvalue weighted by atomic mass is 35.5. The van der Waals surface area contributed by atoms with E-state index in [-0.39, 0.29) is 17.3 Å². The molecule has 0 aliphatic heterocycles. The van der Waals surface area contributed by atoms with Gasteiger partial charge in [0.2, 0.25) is 21.8 Å². The minimum absolute atomic E-state index is 0.00348.